The maximum Gasteiger partial charge on any atom is 0.102 e. The Morgan fingerprint density at radius 1 is 1.19 bits per heavy atom. The Hall–Kier alpha value is -2.67. The predicted octanol–water partition coefficient (Wildman–Crippen LogP) is 1.27. The normalized spacial score (nSPS) is 10.7. The number of aromatic nitrogens is 5. The fourth-order valence-electron chi connectivity index (χ4n) is 2.01. The van der Waals surface area contributed by atoms with E-state index in [0.29, 0.717) is 13.1 Å². The van der Waals surface area contributed by atoms with Crippen molar-refractivity contribution in [2.24, 2.45) is 0 Å². The number of nitrogens with one attached hydrogen (secondary N) is 2. The summed E-state index contributed by atoms with van der Waals surface area (Å²) in [4.78, 5) is 0. The number of aromatic amines is 1. The fraction of sp³-hybridized carbons (Fsp3) is 0.214. The predicted molar refractivity (Wildman–Crippen MR) is 78.5 cm³/mol. The zero-order chi connectivity index (χ0) is 14.5. The zero-order valence-corrected chi connectivity index (χ0v) is 11.4. The van der Waals surface area contributed by atoms with Gasteiger partial charge in [0.25, 0.3) is 0 Å². The topological polar surface area (TPSA) is 91.7 Å². The van der Waals surface area contributed by atoms with Crippen molar-refractivity contribution in [1.82, 2.24) is 25.2 Å². The smallest absolute Gasteiger partial charge is 0.102 e. The first-order chi connectivity index (χ1) is 10.3. The number of benzene rings is 1. The Labute approximate surface area is 121 Å². The van der Waals surface area contributed by atoms with Crippen molar-refractivity contribution < 1.29 is 5.11 Å². The van der Waals surface area contributed by atoms with Crippen LogP contribution in [0.3, 0.4) is 0 Å². The standard InChI is InChI=1S/C14H16N6O/c21-8-7-20-10-13(17-19-20)9-15-12-3-1-11(2-4-12)14-5-6-16-18-14/h1-6,10,15,21H,7-9H2,(H,16,18). The summed E-state index contributed by atoms with van der Waals surface area (Å²) in [5, 5.41) is 26.9. The van der Waals surface area contributed by atoms with Gasteiger partial charge in [0.2, 0.25) is 0 Å². The number of rotatable bonds is 6. The van der Waals surface area contributed by atoms with Gasteiger partial charge in [-0.3, -0.25) is 5.10 Å². The van der Waals surface area contributed by atoms with Gasteiger partial charge >= 0.3 is 0 Å². The van der Waals surface area contributed by atoms with Crippen molar-refractivity contribution >= 4 is 5.69 Å². The summed E-state index contributed by atoms with van der Waals surface area (Å²) in [6, 6.07) is 10.0. The third-order valence-corrected chi connectivity index (χ3v) is 3.09. The van der Waals surface area contributed by atoms with E-state index in [-0.39, 0.29) is 6.61 Å². The summed E-state index contributed by atoms with van der Waals surface area (Å²) in [7, 11) is 0. The maximum atomic E-state index is 8.83. The van der Waals surface area contributed by atoms with Gasteiger partial charge in [0.1, 0.15) is 5.69 Å². The lowest BCUT2D eigenvalue weighted by Crippen LogP contribution is -2.02. The van der Waals surface area contributed by atoms with Crippen LogP contribution in [0.4, 0.5) is 5.69 Å². The summed E-state index contributed by atoms with van der Waals surface area (Å²) >= 11 is 0. The first-order valence-electron chi connectivity index (χ1n) is 6.69. The highest BCUT2D eigenvalue weighted by atomic mass is 16.3. The highest BCUT2D eigenvalue weighted by Crippen LogP contribution is 2.19. The van der Waals surface area contributed by atoms with Crippen molar-refractivity contribution in [3.8, 4) is 11.3 Å². The van der Waals surface area contributed by atoms with E-state index in [9.17, 15) is 0 Å². The molecule has 3 N–H and O–H groups in total. The van der Waals surface area contributed by atoms with Gasteiger partial charge < -0.3 is 10.4 Å². The average molecular weight is 284 g/mol. The minimum Gasteiger partial charge on any atom is -0.394 e. The minimum absolute atomic E-state index is 0.0608. The monoisotopic (exact) mass is 284 g/mol. The lowest BCUT2D eigenvalue weighted by atomic mass is 10.1. The molecule has 0 bridgehead atoms. The molecule has 0 spiro atoms. The molecule has 0 amide bonds. The molecule has 2 heterocycles. The summed E-state index contributed by atoms with van der Waals surface area (Å²) in [6.07, 6.45) is 3.55. The number of nitrogens with zero attached hydrogens (tertiary/aromatic N) is 4. The van der Waals surface area contributed by atoms with E-state index in [1.807, 2.05) is 36.5 Å². The summed E-state index contributed by atoms with van der Waals surface area (Å²) < 4.78 is 1.62. The minimum atomic E-state index is 0.0608. The average Bonchev–Trinajstić information content (AvgIpc) is 3.18. The van der Waals surface area contributed by atoms with Crippen LogP contribution >= 0.6 is 0 Å². The molecule has 0 saturated carbocycles. The van der Waals surface area contributed by atoms with Crippen LogP contribution in [0.2, 0.25) is 0 Å². The molecule has 0 aliphatic heterocycles. The molecule has 0 aliphatic carbocycles. The highest BCUT2D eigenvalue weighted by molar-refractivity contribution is 5.62. The van der Waals surface area contributed by atoms with Crippen molar-refractivity contribution in [3.63, 3.8) is 0 Å². The lowest BCUT2D eigenvalue weighted by Gasteiger charge is -2.05. The second-order valence-corrected chi connectivity index (χ2v) is 4.60. The van der Waals surface area contributed by atoms with E-state index in [1.54, 1.807) is 10.9 Å². The molecule has 0 saturated heterocycles. The van der Waals surface area contributed by atoms with Gasteiger partial charge in [-0.1, -0.05) is 17.3 Å². The van der Waals surface area contributed by atoms with Crippen LogP contribution < -0.4 is 5.32 Å². The van der Waals surface area contributed by atoms with Crippen LogP contribution in [0.15, 0.2) is 42.7 Å². The Kier molecular flexibility index (Phi) is 3.92. The number of H-pyrrole nitrogens is 1. The first-order valence-corrected chi connectivity index (χ1v) is 6.69. The third kappa shape index (κ3) is 3.26. The number of aliphatic hydroxyl groups excluding tert-OH is 1. The lowest BCUT2D eigenvalue weighted by molar-refractivity contribution is 0.268. The van der Waals surface area contributed by atoms with Crippen molar-refractivity contribution in [2.75, 3.05) is 11.9 Å². The van der Waals surface area contributed by atoms with E-state index in [2.05, 4.69) is 25.8 Å². The quantitative estimate of drug-likeness (QED) is 0.634. The summed E-state index contributed by atoms with van der Waals surface area (Å²) in [6.45, 7) is 1.12. The number of anilines is 1. The van der Waals surface area contributed by atoms with Crippen LogP contribution in [-0.2, 0) is 13.1 Å². The molecule has 0 atom stereocenters. The van der Waals surface area contributed by atoms with E-state index < -0.39 is 0 Å². The van der Waals surface area contributed by atoms with Gasteiger partial charge in [0.05, 0.1) is 31.6 Å². The van der Waals surface area contributed by atoms with Crippen molar-refractivity contribution in [2.45, 2.75) is 13.1 Å². The van der Waals surface area contributed by atoms with Crippen LogP contribution in [0.1, 0.15) is 5.69 Å². The largest absolute Gasteiger partial charge is 0.394 e. The Bertz CT molecular complexity index is 674. The molecule has 2 aromatic heterocycles. The summed E-state index contributed by atoms with van der Waals surface area (Å²) in [5.74, 6) is 0. The van der Waals surface area contributed by atoms with Gasteiger partial charge in [0.15, 0.2) is 0 Å². The van der Waals surface area contributed by atoms with Gasteiger partial charge in [0, 0.05) is 11.9 Å². The van der Waals surface area contributed by atoms with Gasteiger partial charge in [-0.05, 0) is 23.8 Å². The van der Waals surface area contributed by atoms with Gasteiger partial charge in [-0.25, -0.2) is 4.68 Å². The van der Waals surface area contributed by atoms with Crippen LogP contribution in [-0.4, -0.2) is 36.9 Å². The molecule has 0 unspecified atom stereocenters. The van der Waals surface area contributed by atoms with Crippen molar-refractivity contribution in [1.29, 1.82) is 0 Å². The SMILES string of the molecule is OCCn1cc(CNc2ccc(-c3ccn[nH]3)cc2)nn1. The Morgan fingerprint density at radius 3 is 2.76 bits per heavy atom. The van der Waals surface area contributed by atoms with E-state index in [4.69, 9.17) is 5.11 Å². The molecule has 0 fully saturated rings. The molecule has 1 aromatic carbocycles. The van der Waals surface area contributed by atoms with E-state index in [1.165, 1.54) is 0 Å². The third-order valence-electron chi connectivity index (χ3n) is 3.09. The molecule has 3 rings (SSSR count). The Morgan fingerprint density at radius 2 is 2.05 bits per heavy atom. The second-order valence-electron chi connectivity index (χ2n) is 4.60. The second kappa shape index (κ2) is 6.19. The van der Waals surface area contributed by atoms with Crippen LogP contribution in [0, 0.1) is 0 Å². The first kappa shape index (κ1) is 13.3. The van der Waals surface area contributed by atoms with E-state index in [0.717, 1.165) is 22.6 Å². The molecular formula is C14H16N6O. The fourth-order valence-corrected chi connectivity index (χ4v) is 2.01. The molecule has 21 heavy (non-hydrogen) atoms. The van der Waals surface area contributed by atoms with Crippen molar-refractivity contribution in [3.05, 3.63) is 48.4 Å². The highest BCUT2D eigenvalue weighted by Gasteiger charge is 2.02. The van der Waals surface area contributed by atoms with Crippen LogP contribution in [0.25, 0.3) is 11.3 Å². The van der Waals surface area contributed by atoms with Gasteiger partial charge in [-0.2, -0.15) is 5.10 Å². The molecular weight excluding hydrogens is 268 g/mol. The molecule has 7 nitrogen and oxygen atoms in total. The van der Waals surface area contributed by atoms with Gasteiger partial charge in [-0.15, -0.1) is 5.10 Å². The Balaban J connectivity index is 1.60. The zero-order valence-electron chi connectivity index (χ0n) is 11.4. The molecule has 0 radical (unpaired) electrons. The molecule has 7 heteroatoms. The number of hydrogen-bond donors (Lipinski definition) is 3. The number of hydrogen-bond acceptors (Lipinski definition) is 5. The molecule has 108 valence electrons. The summed E-state index contributed by atoms with van der Waals surface area (Å²) in [5.41, 5.74) is 3.93. The van der Waals surface area contributed by atoms with E-state index >= 15 is 0 Å². The molecule has 3 aromatic rings. The maximum absolute atomic E-state index is 8.83. The number of aliphatic hydroxyl groups is 1. The molecule has 0 aliphatic rings. The van der Waals surface area contributed by atoms with Crippen LogP contribution in [0.5, 0.6) is 0 Å².